The number of likely N-dealkylation sites (tertiary alicyclic amines) is 1. The minimum absolute atomic E-state index is 0.298. The first-order valence-corrected chi connectivity index (χ1v) is 3.92. The molecule has 1 spiro atoms. The SMILES string of the molecule is N=C(N)N1C2C1C21C2CC21. The molecule has 0 aromatic carbocycles. The Labute approximate surface area is 58.7 Å². The highest BCUT2D eigenvalue weighted by atomic mass is 15.5. The van der Waals surface area contributed by atoms with Gasteiger partial charge in [-0.3, -0.25) is 5.41 Å². The molecule has 10 heavy (non-hydrogen) atoms. The van der Waals surface area contributed by atoms with Gasteiger partial charge in [-0.15, -0.1) is 0 Å². The largest absolute Gasteiger partial charge is 0.370 e. The average molecular weight is 135 g/mol. The minimum Gasteiger partial charge on any atom is -0.370 e. The van der Waals surface area contributed by atoms with E-state index < -0.39 is 0 Å². The zero-order valence-electron chi connectivity index (χ0n) is 5.54. The van der Waals surface area contributed by atoms with Crippen molar-refractivity contribution in [2.75, 3.05) is 0 Å². The summed E-state index contributed by atoms with van der Waals surface area (Å²) in [6.45, 7) is 0. The molecule has 52 valence electrons. The third-order valence-electron chi connectivity index (χ3n) is 3.97. The Hall–Kier alpha value is -0.730. The van der Waals surface area contributed by atoms with Gasteiger partial charge in [0.1, 0.15) is 0 Å². The van der Waals surface area contributed by atoms with Crippen molar-refractivity contribution in [1.82, 2.24) is 4.90 Å². The van der Waals surface area contributed by atoms with E-state index in [1.165, 1.54) is 6.42 Å². The van der Waals surface area contributed by atoms with Gasteiger partial charge in [0.05, 0.1) is 12.1 Å². The standard InChI is InChI=1S/C7H9N3/c8-6(9)10-4-5(10)7(4)2-1-3(2)7/h2-5H,1H2,(H3,8,9). The fourth-order valence-corrected chi connectivity index (χ4v) is 3.23. The summed E-state index contributed by atoms with van der Waals surface area (Å²) in [5.41, 5.74) is 6.11. The summed E-state index contributed by atoms with van der Waals surface area (Å²) in [7, 11) is 0. The summed E-state index contributed by atoms with van der Waals surface area (Å²) in [5.74, 6) is 2.46. The molecule has 1 saturated heterocycles. The number of rotatable bonds is 0. The lowest BCUT2D eigenvalue weighted by atomic mass is 10.1. The zero-order valence-corrected chi connectivity index (χ0v) is 5.54. The predicted octanol–water partition coefficient (Wildman–Crippen LogP) is -0.418. The quantitative estimate of drug-likeness (QED) is 0.269. The summed E-state index contributed by atoms with van der Waals surface area (Å²) in [4.78, 5) is 2.05. The van der Waals surface area contributed by atoms with E-state index in [4.69, 9.17) is 11.1 Å². The molecule has 3 nitrogen and oxygen atoms in total. The first kappa shape index (κ1) is 4.21. The van der Waals surface area contributed by atoms with Crippen LogP contribution < -0.4 is 5.73 Å². The van der Waals surface area contributed by atoms with Gasteiger partial charge in [-0.05, 0) is 18.3 Å². The molecule has 3 heteroatoms. The molecule has 4 atom stereocenters. The first-order chi connectivity index (χ1) is 4.79. The highest BCUT2D eigenvalue weighted by molar-refractivity contribution is 5.84. The second-order valence-corrected chi connectivity index (χ2v) is 4.13. The molecule has 4 aliphatic rings. The fourth-order valence-electron chi connectivity index (χ4n) is 3.23. The van der Waals surface area contributed by atoms with Crippen molar-refractivity contribution in [3.05, 3.63) is 0 Å². The third-order valence-corrected chi connectivity index (χ3v) is 3.97. The lowest BCUT2D eigenvalue weighted by molar-refractivity contribution is 0.354. The van der Waals surface area contributed by atoms with Gasteiger partial charge in [-0.25, -0.2) is 0 Å². The molecule has 1 heterocycles. The van der Waals surface area contributed by atoms with E-state index in [1.54, 1.807) is 0 Å². The van der Waals surface area contributed by atoms with E-state index in [1.807, 2.05) is 4.90 Å². The molecule has 3 N–H and O–H groups in total. The molecule has 4 unspecified atom stereocenters. The summed E-state index contributed by atoms with van der Waals surface area (Å²) >= 11 is 0. The predicted molar refractivity (Wildman–Crippen MR) is 35.4 cm³/mol. The van der Waals surface area contributed by atoms with E-state index in [2.05, 4.69) is 0 Å². The topological polar surface area (TPSA) is 52.9 Å². The number of nitrogens with two attached hydrogens (primary N) is 1. The summed E-state index contributed by atoms with van der Waals surface area (Å²) < 4.78 is 0. The van der Waals surface area contributed by atoms with Crippen LogP contribution in [0.4, 0.5) is 0 Å². The number of hydrogen-bond acceptors (Lipinski definition) is 1. The Kier molecular flexibility index (Phi) is 0.312. The normalized spacial score (nSPS) is 70.6. The highest BCUT2D eigenvalue weighted by Crippen LogP contribution is 2.96. The van der Waals surface area contributed by atoms with Crippen LogP contribution in [-0.2, 0) is 0 Å². The van der Waals surface area contributed by atoms with Crippen LogP contribution in [0.3, 0.4) is 0 Å². The number of nitrogens with zero attached hydrogens (tertiary/aromatic N) is 1. The number of nitrogens with one attached hydrogen (secondary N) is 1. The molecule has 3 aliphatic carbocycles. The summed E-state index contributed by atoms with van der Waals surface area (Å²) in [6.07, 6.45) is 1.48. The van der Waals surface area contributed by atoms with E-state index in [9.17, 15) is 0 Å². The van der Waals surface area contributed by atoms with Crippen LogP contribution in [0.5, 0.6) is 0 Å². The number of hydrogen-bond donors (Lipinski definition) is 2. The Bertz CT molecular complexity index is 252. The van der Waals surface area contributed by atoms with Gasteiger partial charge in [-0.2, -0.15) is 0 Å². The second kappa shape index (κ2) is 0.742. The molecule has 0 amide bonds. The van der Waals surface area contributed by atoms with Crippen molar-refractivity contribution in [1.29, 1.82) is 5.41 Å². The number of fused-ring (bicyclic) bond motifs is 6. The Morgan fingerprint density at radius 3 is 2.40 bits per heavy atom. The molecule has 0 aromatic heterocycles. The monoisotopic (exact) mass is 135 g/mol. The van der Waals surface area contributed by atoms with Gasteiger partial charge in [0, 0.05) is 5.41 Å². The molecule has 0 aromatic rings. The van der Waals surface area contributed by atoms with E-state index in [0.717, 1.165) is 29.3 Å². The van der Waals surface area contributed by atoms with Crippen LogP contribution in [0.15, 0.2) is 0 Å². The molecule has 3 saturated carbocycles. The summed E-state index contributed by atoms with van der Waals surface area (Å²) in [6, 6.07) is 1.49. The third kappa shape index (κ3) is 0.185. The van der Waals surface area contributed by atoms with Gasteiger partial charge < -0.3 is 10.6 Å². The van der Waals surface area contributed by atoms with Crippen molar-refractivity contribution in [2.45, 2.75) is 18.5 Å². The molecule has 4 fully saturated rings. The van der Waals surface area contributed by atoms with Gasteiger partial charge >= 0.3 is 0 Å². The van der Waals surface area contributed by atoms with Crippen LogP contribution in [0.2, 0.25) is 0 Å². The van der Waals surface area contributed by atoms with Crippen molar-refractivity contribution >= 4 is 5.96 Å². The van der Waals surface area contributed by atoms with Crippen LogP contribution in [0, 0.1) is 22.7 Å². The van der Waals surface area contributed by atoms with Gasteiger partial charge in [-0.1, -0.05) is 0 Å². The van der Waals surface area contributed by atoms with E-state index in [0.29, 0.717) is 5.96 Å². The maximum absolute atomic E-state index is 7.16. The van der Waals surface area contributed by atoms with E-state index >= 15 is 0 Å². The van der Waals surface area contributed by atoms with Crippen molar-refractivity contribution in [2.24, 2.45) is 23.0 Å². The van der Waals surface area contributed by atoms with Crippen molar-refractivity contribution in [3.63, 3.8) is 0 Å². The smallest absolute Gasteiger partial charge is 0.189 e. The van der Waals surface area contributed by atoms with Crippen LogP contribution in [0.25, 0.3) is 0 Å². The van der Waals surface area contributed by atoms with E-state index in [-0.39, 0.29) is 0 Å². The fraction of sp³-hybridized carbons (Fsp3) is 0.857. The molecule has 0 radical (unpaired) electrons. The molecule has 4 rings (SSSR count). The van der Waals surface area contributed by atoms with Crippen LogP contribution in [0.1, 0.15) is 6.42 Å². The van der Waals surface area contributed by atoms with Crippen LogP contribution in [-0.4, -0.2) is 22.9 Å². The second-order valence-electron chi connectivity index (χ2n) is 4.13. The van der Waals surface area contributed by atoms with Gasteiger partial charge in [0.15, 0.2) is 5.96 Å². The number of guanidine groups is 1. The lowest BCUT2D eigenvalue weighted by Gasteiger charge is -2.17. The van der Waals surface area contributed by atoms with Gasteiger partial charge in [0.2, 0.25) is 0 Å². The van der Waals surface area contributed by atoms with Gasteiger partial charge in [0.25, 0.3) is 0 Å². The Morgan fingerprint density at radius 2 is 2.10 bits per heavy atom. The maximum atomic E-state index is 7.16. The molecular formula is C7H9N3. The maximum Gasteiger partial charge on any atom is 0.189 e. The van der Waals surface area contributed by atoms with Crippen molar-refractivity contribution in [3.8, 4) is 0 Å². The summed E-state index contributed by atoms with van der Waals surface area (Å²) in [5, 5.41) is 7.16. The minimum atomic E-state index is 0.298. The lowest BCUT2D eigenvalue weighted by Crippen LogP contribution is -2.33. The molecule has 0 bridgehead atoms. The Morgan fingerprint density at radius 1 is 1.50 bits per heavy atom. The highest BCUT2D eigenvalue weighted by Gasteiger charge is 3.02. The Balaban J connectivity index is 1.61. The molecule has 1 aliphatic heterocycles. The van der Waals surface area contributed by atoms with Crippen molar-refractivity contribution < 1.29 is 0 Å². The molecular weight excluding hydrogens is 126 g/mol. The average Bonchev–Trinajstić information content (AvgIpc) is 2.56. The first-order valence-electron chi connectivity index (χ1n) is 3.92. The van der Waals surface area contributed by atoms with Crippen LogP contribution >= 0.6 is 0 Å². The zero-order chi connectivity index (χ0) is 6.67.